The molecule has 1 aliphatic carbocycles. The molecule has 0 unspecified atom stereocenters. The molecule has 0 radical (unpaired) electrons. The van der Waals surface area contributed by atoms with Gasteiger partial charge < -0.3 is 5.32 Å². The number of hydrogen-bond donors (Lipinski definition) is 1. The summed E-state index contributed by atoms with van der Waals surface area (Å²) in [6.45, 7) is 0. The third kappa shape index (κ3) is 3.92. The minimum Gasteiger partial charge on any atom is -0.349 e. The van der Waals surface area contributed by atoms with Crippen molar-refractivity contribution in [3.63, 3.8) is 0 Å². The molecule has 104 valence electrons. The second-order valence-electron chi connectivity index (χ2n) is 5.03. The topological polar surface area (TPSA) is 52.9 Å². The second kappa shape index (κ2) is 6.85. The molecule has 0 saturated heterocycles. The zero-order valence-corrected chi connectivity index (χ0v) is 11.2. The lowest BCUT2D eigenvalue weighted by atomic mass is 9.95. The zero-order chi connectivity index (χ0) is 14.4. The predicted molar refractivity (Wildman–Crippen MR) is 75.0 cm³/mol. The number of hydrogen-bond acceptors (Lipinski definition) is 2. The molecule has 1 aliphatic rings. The van der Waals surface area contributed by atoms with E-state index in [0.717, 1.165) is 25.7 Å². The lowest BCUT2D eigenvalue weighted by molar-refractivity contribution is -0.117. The fourth-order valence-corrected chi connectivity index (χ4v) is 2.38. The van der Waals surface area contributed by atoms with Crippen LogP contribution in [0.25, 0.3) is 6.08 Å². The Morgan fingerprint density at radius 3 is 2.50 bits per heavy atom. The predicted octanol–water partition coefficient (Wildman–Crippen LogP) is 3.18. The van der Waals surface area contributed by atoms with E-state index in [9.17, 15) is 9.18 Å². The Kier molecular flexibility index (Phi) is 4.89. The maximum atomic E-state index is 12.8. The van der Waals surface area contributed by atoms with E-state index in [4.69, 9.17) is 5.26 Å². The highest BCUT2D eigenvalue weighted by atomic mass is 19.1. The Bertz CT molecular complexity index is 537. The van der Waals surface area contributed by atoms with Crippen molar-refractivity contribution in [3.8, 4) is 6.07 Å². The summed E-state index contributed by atoms with van der Waals surface area (Å²) in [5.74, 6) is -0.684. The molecule has 3 nitrogen and oxygen atoms in total. The molecule has 20 heavy (non-hydrogen) atoms. The third-order valence-electron chi connectivity index (χ3n) is 3.49. The van der Waals surface area contributed by atoms with E-state index in [1.54, 1.807) is 12.1 Å². The number of carbonyl (C=O) groups excluding carboxylic acids is 1. The average Bonchev–Trinajstić information content (AvgIpc) is 2.47. The highest BCUT2D eigenvalue weighted by Gasteiger charge is 2.17. The molecule has 0 heterocycles. The molecule has 0 bridgehead atoms. The number of nitrogens with zero attached hydrogens (tertiary/aromatic N) is 1. The smallest absolute Gasteiger partial charge is 0.262 e. The van der Waals surface area contributed by atoms with Crippen LogP contribution in [0.3, 0.4) is 0 Å². The van der Waals surface area contributed by atoms with Crippen molar-refractivity contribution < 1.29 is 9.18 Å². The third-order valence-corrected chi connectivity index (χ3v) is 3.49. The van der Waals surface area contributed by atoms with Crippen molar-refractivity contribution in [2.24, 2.45) is 0 Å². The standard InChI is InChI=1S/C16H17FN2O/c17-14-8-6-12(7-9-14)10-13(11-18)16(20)19-15-4-2-1-3-5-15/h6-10,15H,1-5H2,(H,19,20). The Labute approximate surface area is 118 Å². The van der Waals surface area contributed by atoms with Gasteiger partial charge in [-0.15, -0.1) is 0 Å². The van der Waals surface area contributed by atoms with Crippen LogP contribution >= 0.6 is 0 Å². The first kappa shape index (κ1) is 14.3. The van der Waals surface area contributed by atoms with Gasteiger partial charge >= 0.3 is 0 Å². The van der Waals surface area contributed by atoms with Crippen LogP contribution in [0.2, 0.25) is 0 Å². The minimum atomic E-state index is -0.344. The Balaban J connectivity index is 2.05. The van der Waals surface area contributed by atoms with Gasteiger partial charge in [0.25, 0.3) is 5.91 Å². The van der Waals surface area contributed by atoms with Crippen molar-refractivity contribution in [1.82, 2.24) is 5.32 Å². The van der Waals surface area contributed by atoms with Crippen LogP contribution in [0.15, 0.2) is 29.8 Å². The van der Waals surface area contributed by atoms with Crippen LogP contribution in [0, 0.1) is 17.1 Å². The van der Waals surface area contributed by atoms with Gasteiger partial charge in [-0.05, 0) is 36.6 Å². The van der Waals surface area contributed by atoms with Crippen molar-refractivity contribution in [2.75, 3.05) is 0 Å². The first-order valence-electron chi connectivity index (χ1n) is 6.87. The number of amides is 1. The van der Waals surface area contributed by atoms with E-state index in [1.165, 1.54) is 24.6 Å². The molecule has 0 aromatic heterocycles. The molecule has 1 aromatic carbocycles. The van der Waals surface area contributed by atoms with Crippen LogP contribution in [-0.4, -0.2) is 11.9 Å². The Morgan fingerprint density at radius 1 is 1.25 bits per heavy atom. The molecule has 1 fully saturated rings. The lowest BCUT2D eigenvalue weighted by Crippen LogP contribution is -2.36. The van der Waals surface area contributed by atoms with Gasteiger partial charge in [0, 0.05) is 6.04 Å². The highest BCUT2D eigenvalue weighted by Crippen LogP contribution is 2.18. The zero-order valence-electron chi connectivity index (χ0n) is 11.2. The van der Waals surface area contributed by atoms with Gasteiger partial charge in [0.05, 0.1) is 0 Å². The SMILES string of the molecule is N#CC(=Cc1ccc(F)cc1)C(=O)NC1CCCCC1. The van der Waals surface area contributed by atoms with E-state index < -0.39 is 0 Å². The van der Waals surface area contributed by atoms with E-state index in [2.05, 4.69) is 5.32 Å². The van der Waals surface area contributed by atoms with Crippen molar-refractivity contribution >= 4 is 12.0 Å². The van der Waals surface area contributed by atoms with E-state index in [-0.39, 0.29) is 23.3 Å². The molecule has 2 rings (SSSR count). The Hall–Kier alpha value is -2.15. The largest absolute Gasteiger partial charge is 0.349 e. The van der Waals surface area contributed by atoms with Crippen LogP contribution in [0.5, 0.6) is 0 Å². The molecule has 1 amide bonds. The number of halogens is 1. The average molecular weight is 272 g/mol. The number of nitrogens with one attached hydrogen (secondary N) is 1. The summed E-state index contributed by atoms with van der Waals surface area (Å²) in [6.07, 6.45) is 6.88. The molecule has 0 spiro atoms. The summed E-state index contributed by atoms with van der Waals surface area (Å²) in [5, 5.41) is 12.0. The van der Waals surface area contributed by atoms with Crippen LogP contribution in [0.4, 0.5) is 4.39 Å². The summed E-state index contributed by atoms with van der Waals surface area (Å²) in [4.78, 5) is 12.0. The first-order valence-corrected chi connectivity index (χ1v) is 6.87. The fourth-order valence-electron chi connectivity index (χ4n) is 2.38. The molecule has 1 saturated carbocycles. The highest BCUT2D eigenvalue weighted by molar-refractivity contribution is 6.01. The van der Waals surface area contributed by atoms with Crippen molar-refractivity contribution in [2.45, 2.75) is 38.1 Å². The fraction of sp³-hybridized carbons (Fsp3) is 0.375. The summed E-state index contributed by atoms with van der Waals surface area (Å²) >= 11 is 0. The minimum absolute atomic E-state index is 0.0576. The number of carbonyl (C=O) groups is 1. The molecular weight excluding hydrogens is 255 g/mol. The number of nitriles is 1. The van der Waals surface area contributed by atoms with Crippen LogP contribution in [0.1, 0.15) is 37.7 Å². The summed E-state index contributed by atoms with van der Waals surface area (Å²) in [6, 6.07) is 7.77. The number of rotatable bonds is 3. The quantitative estimate of drug-likeness (QED) is 0.678. The maximum absolute atomic E-state index is 12.8. The molecule has 1 aromatic rings. The van der Waals surface area contributed by atoms with Crippen molar-refractivity contribution in [1.29, 1.82) is 5.26 Å². The summed E-state index contributed by atoms with van der Waals surface area (Å²) < 4.78 is 12.8. The van der Waals surface area contributed by atoms with Gasteiger partial charge in [-0.1, -0.05) is 31.4 Å². The maximum Gasteiger partial charge on any atom is 0.262 e. The van der Waals surface area contributed by atoms with E-state index in [1.807, 2.05) is 6.07 Å². The van der Waals surface area contributed by atoms with Gasteiger partial charge in [0.2, 0.25) is 0 Å². The summed E-state index contributed by atoms with van der Waals surface area (Å²) in [7, 11) is 0. The normalized spacial score (nSPS) is 16.5. The molecular formula is C16H17FN2O. The lowest BCUT2D eigenvalue weighted by Gasteiger charge is -2.22. The van der Waals surface area contributed by atoms with Gasteiger partial charge in [0.15, 0.2) is 0 Å². The van der Waals surface area contributed by atoms with Gasteiger partial charge in [-0.3, -0.25) is 4.79 Å². The molecule has 0 aliphatic heterocycles. The second-order valence-corrected chi connectivity index (χ2v) is 5.03. The van der Waals surface area contributed by atoms with Gasteiger partial charge in [0.1, 0.15) is 17.5 Å². The molecule has 1 N–H and O–H groups in total. The molecule has 4 heteroatoms. The van der Waals surface area contributed by atoms with Crippen LogP contribution in [-0.2, 0) is 4.79 Å². The van der Waals surface area contributed by atoms with Crippen molar-refractivity contribution in [3.05, 3.63) is 41.2 Å². The van der Waals surface area contributed by atoms with Gasteiger partial charge in [-0.25, -0.2) is 4.39 Å². The monoisotopic (exact) mass is 272 g/mol. The van der Waals surface area contributed by atoms with Crippen LogP contribution < -0.4 is 5.32 Å². The number of benzene rings is 1. The van der Waals surface area contributed by atoms with E-state index in [0.29, 0.717) is 5.56 Å². The Morgan fingerprint density at radius 2 is 1.90 bits per heavy atom. The van der Waals surface area contributed by atoms with E-state index >= 15 is 0 Å². The first-order chi connectivity index (χ1) is 9.69. The summed E-state index contributed by atoms with van der Waals surface area (Å²) in [5.41, 5.74) is 0.698. The van der Waals surface area contributed by atoms with Gasteiger partial charge in [-0.2, -0.15) is 5.26 Å². The molecule has 0 atom stereocenters.